The summed E-state index contributed by atoms with van der Waals surface area (Å²) in [7, 11) is -3.30. The molecule has 4 rings (SSSR count). The number of piperidine rings is 1. The minimum atomic E-state index is -3.30. The molecule has 1 saturated carbocycles. The number of rotatable bonds is 6. The first-order valence-electron chi connectivity index (χ1n) is 9.18. The van der Waals surface area contributed by atoms with Gasteiger partial charge >= 0.3 is 0 Å². The molecule has 1 aromatic heterocycles. The van der Waals surface area contributed by atoms with Gasteiger partial charge in [-0.25, -0.2) is 8.42 Å². The molecule has 1 aliphatic heterocycles. The van der Waals surface area contributed by atoms with Crippen LogP contribution in [0.5, 0.6) is 0 Å². The number of nitrogens with one attached hydrogen (secondary N) is 1. The number of thiophene rings is 1. The first-order valence-corrected chi connectivity index (χ1v) is 12.0. The van der Waals surface area contributed by atoms with Gasteiger partial charge in [-0.1, -0.05) is 25.1 Å². The van der Waals surface area contributed by atoms with Gasteiger partial charge in [-0.3, -0.25) is 9.52 Å². The second-order valence-corrected chi connectivity index (χ2v) is 10.5. The number of fused-ring (bicyclic) bond motifs is 1. The van der Waals surface area contributed by atoms with Crippen LogP contribution in [0.4, 0.5) is 5.69 Å². The summed E-state index contributed by atoms with van der Waals surface area (Å²) in [4.78, 5) is 15.9. The van der Waals surface area contributed by atoms with Gasteiger partial charge in [0.25, 0.3) is 0 Å². The monoisotopic (exact) mass is 404 g/mol. The Kier molecular flexibility index (Phi) is 4.55. The number of nitrogens with zero attached hydrogens (tertiary/aromatic N) is 1. The fraction of sp³-hybridized carbons (Fsp3) is 0.450. The van der Waals surface area contributed by atoms with Gasteiger partial charge in [-0.05, 0) is 47.4 Å². The Hall–Kier alpha value is -1.86. The summed E-state index contributed by atoms with van der Waals surface area (Å²) >= 11 is 1.69. The number of amides is 1. The van der Waals surface area contributed by atoms with Crippen LogP contribution in [0.25, 0.3) is 0 Å². The smallest absolute Gasteiger partial charge is 0.229 e. The number of carbonyl (C=O) groups excluding carboxylic acids is 1. The molecular formula is C20H24N2O3S2. The third kappa shape index (κ3) is 3.50. The number of hydrogen-bond acceptors (Lipinski definition) is 4. The molecule has 1 amide bonds. The molecule has 2 aliphatic rings. The number of benzene rings is 1. The molecule has 1 aliphatic carbocycles. The van der Waals surface area contributed by atoms with Crippen molar-refractivity contribution in [2.75, 3.05) is 24.1 Å². The highest BCUT2D eigenvalue weighted by Crippen LogP contribution is 2.64. The lowest BCUT2D eigenvalue weighted by Gasteiger charge is -2.23. The van der Waals surface area contributed by atoms with E-state index in [1.165, 1.54) is 4.88 Å². The zero-order valence-corrected chi connectivity index (χ0v) is 17.1. The Balaban J connectivity index is 1.47. The van der Waals surface area contributed by atoms with Crippen molar-refractivity contribution in [2.24, 2.45) is 11.8 Å². The minimum Gasteiger partial charge on any atom is -0.341 e. The molecule has 3 unspecified atom stereocenters. The van der Waals surface area contributed by atoms with Crippen molar-refractivity contribution in [1.82, 2.24) is 4.90 Å². The molecule has 2 aromatic rings. The molecule has 0 radical (unpaired) electrons. The van der Waals surface area contributed by atoms with Crippen molar-refractivity contribution >= 4 is 33.0 Å². The highest BCUT2D eigenvalue weighted by atomic mass is 32.2. The normalized spacial score (nSPS) is 26.7. The topological polar surface area (TPSA) is 66.5 Å². The summed E-state index contributed by atoms with van der Waals surface area (Å²) in [6.07, 6.45) is 2.51. The fourth-order valence-corrected chi connectivity index (χ4v) is 5.88. The van der Waals surface area contributed by atoms with Gasteiger partial charge < -0.3 is 4.90 Å². The zero-order chi connectivity index (χ0) is 19.2. The molecule has 3 atom stereocenters. The zero-order valence-electron chi connectivity index (χ0n) is 15.5. The predicted octanol–water partition coefficient (Wildman–Crippen LogP) is 3.10. The summed E-state index contributed by atoms with van der Waals surface area (Å²) in [6, 6.07) is 11.7. The van der Waals surface area contributed by atoms with Crippen molar-refractivity contribution in [3.8, 4) is 0 Å². The molecule has 5 nitrogen and oxygen atoms in total. The third-order valence-corrected chi connectivity index (χ3v) is 7.60. The minimum absolute atomic E-state index is 0.0339. The molecule has 0 bridgehead atoms. The Morgan fingerprint density at radius 1 is 1.33 bits per heavy atom. The van der Waals surface area contributed by atoms with Crippen molar-refractivity contribution in [3.05, 3.63) is 52.2 Å². The van der Waals surface area contributed by atoms with E-state index >= 15 is 0 Å². The Morgan fingerprint density at radius 3 is 2.85 bits per heavy atom. The molecule has 1 saturated heterocycles. The van der Waals surface area contributed by atoms with Crippen molar-refractivity contribution in [2.45, 2.75) is 25.2 Å². The summed E-state index contributed by atoms with van der Waals surface area (Å²) in [5.74, 6) is 1.18. The van der Waals surface area contributed by atoms with Crippen LogP contribution >= 0.6 is 11.3 Å². The van der Waals surface area contributed by atoms with Crippen LogP contribution in [0.1, 0.15) is 23.8 Å². The summed E-state index contributed by atoms with van der Waals surface area (Å²) < 4.78 is 25.6. The number of aryl methyl sites for hydroxylation is 1. The first-order chi connectivity index (χ1) is 12.8. The van der Waals surface area contributed by atoms with Crippen LogP contribution < -0.4 is 4.72 Å². The van der Waals surface area contributed by atoms with Crippen LogP contribution in [-0.2, 0) is 26.7 Å². The molecule has 2 heterocycles. The number of carbonyl (C=O) groups is 1. The van der Waals surface area contributed by atoms with Crippen molar-refractivity contribution in [3.63, 3.8) is 0 Å². The van der Waals surface area contributed by atoms with E-state index in [1.807, 2.05) is 28.5 Å². The van der Waals surface area contributed by atoms with Gasteiger partial charge in [0.2, 0.25) is 15.9 Å². The molecular weight excluding hydrogens is 380 g/mol. The standard InChI is InChI=1S/C20H24N2O3S2/c1-14-18-12-22(19(23)9-8-17-7-4-10-26-17)13-20(14,18)15-5-3-6-16(11-15)21-27(2,24)25/h3-7,10-11,14,18,21H,8-9,12-13H2,1-2H3. The van der Waals surface area contributed by atoms with E-state index in [9.17, 15) is 13.2 Å². The fourth-order valence-electron chi connectivity index (χ4n) is 4.61. The van der Waals surface area contributed by atoms with E-state index < -0.39 is 10.0 Å². The maximum absolute atomic E-state index is 12.7. The van der Waals surface area contributed by atoms with E-state index in [-0.39, 0.29) is 11.3 Å². The lowest BCUT2D eigenvalue weighted by Crippen LogP contribution is -2.34. The van der Waals surface area contributed by atoms with Gasteiger partial charge in [0, 0.05) is 35.5 Å². The van der Waals surface area contributed by atoms with Crippen LogP contribution in [0.15, 0.2) is 41.8 Å². The van der Waals surface area contributed by atoms with Gasteiger partial charge in [0.1, 0.15) is 0 Å². The highest BCUT2D eigenvalue weighted by molar-refractivity contribution is 7.92. The third-order valence-electron chi connectivity index (χ3n) is 6.06. The Bertz CT molecular complexity index is 955. The summed E-state index contributed by atoms with van der Waals surface area (Å²) in [5, 5.41) is 2.04. The summed E-state index contributed by atoms with van der Waals surface area (Å²) in [5.41, 5.74) is 1.68. The molecule has 0 spiro atoms. The van der Waals surface area contributed by atoms with Gasteiger partial charge in [-0.15, -0.1) is 11.3 Å². The molecule has 2 fully saturated rings. The van der Waals surface area contributed by atoms with E-state index in [4.69, 9.17) is 0 Å². The Morgan fingerprint density at radius 2 is 2.15 bits per heavy atom. The lowest BCUT2D eigenvalue weighted by atomic mass is 9.92. The summed E-state index contributed by atoms with van der Waals surface area (Å²) in [6.45, 7) is 3.76. The quantitative estimate of drug-likeness (QED) is 0.805. The number of hydrogen-bond donors (Lipinski definition) is 1. The number of sulfonamides is 1. The number of likely N-dealkylation sites (tertiary alicyclic amines) is 1. The van der Waals surface area contributed by atoms with E-state index in [1.54, 1.807) is 17.4 Å². The maximum atomic E-state index is 12.7. The van der Waals surface area contributed by atoms with Crippen LogP contribution in [0.3, 0.4) is 0 Å². The van der Waals surface area contributed by atoms with Gasteiger partial charge in [-0.2, -0.15) is 0 Å². The van der Waals surface area contributed by atoms with E-state index in [0.29, 0.717) is 23.9 Å². The van der Waals surface area contributed by atoms with E-state index in [0.717, 1.165) is 31.3 Å². The maximum Gasteiger partial charge on any atom is 0.229 e. The van der Waals surface area contributed by atoms with Crippen LogP contribution in [0.2, 0.25) is 0 Å². The van der Waals surface area contributed by atoms with E-state index in [2.05, 4.69) is 23.8 Å². The Labute approximate surface area is 164 Å². The molecule has 7 heteroatoms. The largest absolute Gasteiger partial charge is 0.341 e. The predicted molar refractivity (Wildman–Crippen MR) is 108 cm³/mol. The second kappa shape index (κ2) is 6.63. The van der Waals surface area contributed by atoms with Crippen molar-refractivity contribution < 1.29 is 13.2 Å². The first kappa shape index (κ1) is 18.5. The van der Waals surface area contributed by atoms with Gasteiger partial charge in [0.05, 0.1) is 6.26 Å². The molecule has 144 valence electrons. The second-order valence-electron chi connectivity index (χ2n) is 7.74. The average molecular weight is 405 g/mol. The van der Waals surface area contributed by atoms with Crippen LogP contribution in [0, 0.1) is 11.8 Å². The van der Waals surface area contributed by atoms with Crippen molar-refractivity contribution in [1.29, 1.82) is 0 Å². The SMILES string of the molecule is CC1C2CN(C(=O)CCc3cccs3)CC12c1cccc(NS(C)(=O)=O)c1. The highest BCUT2D eigenvalue weighted by Gasteiger charge is 2.67. The molecule has 1 aromatic carbocycles. The average Bonchev–Trinajstić information content (AvgIpc) is 3.06. The van der Waals surface area contributed by atoms with Gasteiger partial charge in [0.15, 0.2) is 0 Å². The van der Waals surface area contributed by atoms with Crippen LogP contribution in [-0.4, -0.2) is 38.6 Å². The lowest BCUT2D eigenvalue weighted by molar-refractivity contribution is -0.130. The molecule has 27 heavy (non-hydrogen) atoms. The molecule has 1 N–H and O–H groups in total. The number of anilines is 1.